The van der Waals surface area contributed by atoms with Gasteiger partial charge < -0.3 is 4.18 Å². The number of hydrogen-bond donors (Lipinski definition) is 0. The minimum absolute atomic E-state index is 0.645. The molecule has 0 amide bonds. The molecule has 0 N–H and O–H groups in total. The third kappa shape index (κ3) is 2.93. The van der Waals surface area contributed by atoms with Crippen molar-refractivity contribution < 1.29 is 17.4 Å². The van der Waals surface area contributed by atoms with Gasteiger partial charge in [-0.2, -0.15) is 13.2 Å². The summed E-state index contributed by atoms with van der Waals surface area (Å²) in [6, 6.07) is 4.80. The Hall–Kier alpha value is -0.680. The van der Waals surface area contributed by atoms with Gasteiger partial charge in [-0.05, 0) is 24.3 Å². The number of halogens is 3. The molecule has 0 aliphatic carbocycles. The Morgan fingerprint density at radius 2 is 1.69 bits per heavy atom. The first-order valence-corrected chi connectivity index (χ1v) is 4.16. The van der Waals surface area contributed by atoms with E-state index in [2.05, 4.69) is 4.18 Å². The van der Waals surface area contributed by atoms with Gasteiger partial charge in [0.05, 0.1) is 12.7 Å². The van der Waals surface area contributed by atoms with E-state index in [1.165, 1.54) is 19.2 Å². The van der Waals surface area contributed by atoms with Gasteiger partial charge in [0.15, 0.2) is 0 Å². The fraction of sp³-hybridized carbons (Fsp3) is 0.250. The lowest BCUT2D eigenvalue weighted by molar-refractivity contribution is -0.137. The van der Waals surface area contributed by atoms with Gasteiger partial charge >= 0.3 is 6.18 Å². The molecular formula is C8H7F3OS. The standard InChI is InChI=1S/C8H7F3OS/c1-12-13-7-4-2-6(3-5-7)8(9,10)11/h2-5H,1H3. The summed E-state index contributed by atoms with van der Waals surface area (Å²) in [6.07, 6.45) is -4.27. The summed E-state index contributed by atoms with van der Waals surface area (Å²) >= 11 is 1.03. The van der Waals surface area contributed by atoms with Gasteiger partial charge in [-0.15, -0.1) is 0 Å². The molecule has 72 valence electrons. The van der Waals surface area contributed by atoms with E-state index in [4.69, 9.17) is 0 Å². The zero-order valence-electron chi connectivity index (χ0n) is 6.76. The van der Waals surface area contributed by atoms with Crippen molar-refractivity contribution >= 4 is 12.0 Å². The molecule has 1 nitrogen and oxygen atoms in total. The zero-order chi connectivity index (χ0) is 9.90. The average molecular weight is 208 g/mol. The van der Waals surface area contributed by atoms with Gasteiger partial charge in [-0.1, -0.05) is 0 Å². The van der Waals surface area contributed by atoms with Crippen molar-refractivity contribution in [3.8, 4) is 0 Å². The van der Waals surface area contributed by atoms with E-state index >= 15 is 0 Å². The van der Waals surface area contributed by atoms with Crippen molar-refractivity contribution in [1.82, 2.24) is 0 Å². The predicted molar refractivity (Wildman–Crippen MR) is 44.3 cm³/mol. The molecule has 1 aromatic rings. The van der Waals surface area contributed by atoms with Crippen molar-refractivity contribution in [3.05, 3.63) is 29.8 Å². The van der Waals surface area contributed by atoms with Gasteiger partial charge in [0, 0.05) is 16.9 Å². The van der Waals surface area contributed by atoms with Crippen LogP contribution in [0, 0.1) is 0 Å². The largest absolute Gasteiger partial charge is 0.416 e. The molecule has 13 heavy (non-hydrogen) atoms. The number of rotatable bonds is 2. The van der Waals surface area contributed by atoms with E-state index in [0.29, 0.717) is 4.90 Å². The summed E-state index contributed by atoms with van der Waals surface area (Å²) in [6.45, 7) is 0. The summed E-state index contributed by atoms with van der Waals surface area (Å²) in [5.74, 6) is 0. The van der Waals surface area contributed by atoms with Crippen LogP contribution in [0.2, 0.25) is 0 Å². The maximum Gasteiger partial charge on any atom is 0.416 e. The van der Waals surface area contributed by atoms with E-state index in [-0.39, 0.29) is 0 Å². The maximum absolute atomic E-state index is 12.1. The minimum Gasteiger partial charge on any atom is -0.314 e. The monoisotopic (exact) mass is 208 g/mol. The van der Waals surface area contributed by atoms with E-state index in [0.717, 1.165) is 24.2 Å². The second kappa shape index (κ2) is 4.02. The summed E-state index contributed by atoms with van der Waals surface area (Å²) < 4.78 is 40.9. The van der Waals surface area contributed by atoms with Gasteiger partial charge in [-0.3, -0.25) is 0 Å². The van der Waals surface area contributed by atoms with Crippen LogP contribution in [-0.2, 0) is 10.4 Å². The fourth-order valence-electron chi connectivity index (χ4n) is 0.796. The van der Waals surface area contributed by atoms with Crippen LogP contribution in [-0.4, -0.2) is 7.11 Å². The van der Waals surface area contributed by atoms with E-state index in [1.54, 1.807) is 0 Å². The van der Waals surface area contributed by atoms with Crippen LogP contribution in [0.5, 0.6) is 0 Å². The highest BCUT2D eigenvalue weighted by atomic mass is 32.2. The maximum atomic E-state index is 12.1. The van der Waals surface area contributed by atoms with Gasteiger partial charge in [-0.25, -0.2) is 0 Å². The van der Waals surface area contributed by atoms with E-state index in [9.17, 15) is 13.2 Å². The third-order valence-corrected chi connectivity index (χ3v) is 1.99. The minimum atomic E-state index is -4.27. The van der Waals surface area contributed by atoms with Crippen molar-refractivity contribution in [1.29, 1.82) is 0 Å². The molecule has 0 bridgehead atoms. The molecule has 0 atom stereocenters. The van der Waals surface area contributed by atoms with Crippen LogP contribution < -0.4 is 0 Å². The Labute approximate surface area is 78.1 Å². The molecule has 0 heterocycles. The number of alkyl halides is 3. The molecule has 0 unspecified atom stereocenters. The van der Waals surface area contributed by atoms with Gasteiger partial charge in [0.2, 0.25) is 0 Å². The second-order valence-corrected chi connectivity index (χ2v) is 3.24. The molecule has 0 aromatic heterocycles. The van der Waals surface area contributed by atoms with Crippen LogP contribution >= 0.6 is 12.0 Å². The molecule has 1 rings (SSSR count). The Bertz CT molecular complexity index is 268. The zero-order valence-corrected chi connectivity index (χ0v) is 7.58. The lowest BCUT2D eigenvalue weighted by Crippen LogP contribution is -2.03. The molecular weight excluding hydrogens is 201 g/mol. The first-order valence-electron chi connectivity index (χ1n) is 3.42. The van der Waals surface area contributed by atoms with Crippen LogP contribution in [0.15, 0.2) is 29.2 Å². The fourth-order valence-corrected chi connectivity index (χ4v) is 1.24. The number of hydrogen-bond acceptors (Lipinski definition) is 2. The molecule has 0 aliphatic rings. The first kappa shape index (κ1) is 10.4. The summed E-state index contributed by atoms with van der Waals surface area (Å²) in [5.41, 5.74) is -0.645. The van der Waals surface area contributed by atoms with Crippen LogP contribution in [0.1, 0.15) is 5.56 Å². The van der Waals surface area contributed by atoms with Crippen molar-refractivity contribution in [3.63, 3.8) is 0 Å². The average Bonchev–Trinajstić information content (AvgIpc) is 2.04. The van der Waals surface area contributed by atoms with Gasteiger partial charge in [0.1, 0.15) is 0 Å². The SMILES string of the molecule is COSc1ccc(C(F)(F)F)cc1. The predicted octanol–water partition coefficient (Wildman–Crippen LogP) is 3.36. The summed E-state index contributed by atoms with van der Waals surface area (Å²) in [7, 11) is 1.46. The molecule has 5 heteroatoms. The molecule has 1 aromatic carbocycles. The van der Waals surface area contributed by atoms with Crippen LogP contribution in [0.4, 0.5) is 13.2 Å². The molecule has 0 saturated carbocycles. The number of benzene rings is 1. The normalized spacial score (nSPS) is 11.7. The highest BCUT2D eigenvalue weighted by Crippen LogP contribution is 2.30. The Morgan fingerprint density at radius 1 is 1.15 bits per heavy atom. The third-order valence-electron chi connectivity index (χ3n) is 1.36. The van der Waals surface area contributed by atoms with Crippen molar-refractivity contribution in [2.24, 2.45) is 0 Å². The Balaban J connectivity index is 2.81. The second-order valence-electron chi connectivity index (χ2n) is 2.27. The van der Waals surface area contributed by atoms with Crippen molar-refractivity contribution in [2.45, 2.75) is 11.1 Å². The molecule has 0 saturated heterocycles. The molecule has 0 radical (unpaired) electrons. The van der Waals surface area contributed by atoms with Gasteiger partial charge in [0.25, 0.3) is 0 Å². The highest BCUT2D eigenvalue weighted by Gasteiger charge is 2.29. The first-order chi connectivity index (χ1) is 6.04. The van der Waals surface area contributed by atoms with Crippen LogP contribution in [0.3, 0.4) is 0 Å². The molecule has 0 fully saturated rings. The lowest BCUT2D eigenvalue weighted by atomic mass is 10.2. The van der Waals surface area contributed by atoms with Crippen molar-refractivity contribution in [2.75, 3.05) is 7.11 Å². The summed E-state index contributed by atoms with van der Waals surface area (Å²) in [4.78, 5) is 0.649. The van der Waals surface area contributed by atoms with E-state index < -0.39 is 11.7 Å². The smallest absolute Gasteiger partial charge is 0.314 e. The van der Waals surface area contributed by atoms with E-state index in [1.807, 2.05) is 0 Å². The highest BCUT2D eigenvalue weighted by molar-refractivity contribution is 7.94. The summed E-state index contributed by atoms with van der Waals surface area (Å²) in [5, 5.41) is 0. The molecule has 0 spiro atoms. The molecule has 0 aliphatic heterocycles. The Morgan fingerprint density at radius 3 is 2.08 bits per heavy atom. The Kier molecular flexibility index (Phi) is 3.22. The lowest BCUT2D eigenvalue weighted by Gasteiger charge is -2.06. The topological polar surface area (TPSA) is 9.23 Å². The van der Waals surface area contributed by atoms with Crippen LogP contribution in [0.25, 0.3) is 0 Å². The quantitative estimate of drug-likeness (QED) is 0.689.